The van der Waals surface area contributed by atoms with Crippen LogP contribution in [0.2, 0.25) is 0 Å². The van der Waals surface area contributed by atoms with Crippen molar-refractivity contribution in [3.63, 3.8) is 0 Å². The topological polar surface area (TPSA) is 41.5 Å². The lowest BCUT2D eigenvalue weighted by atomic mass is 9.89. The highest BCUT2D eigenvalue weighted by atomic mass is 32.2. The van der Waals surface area contributed by atoms with Crippen LogP contribution in [0.5, 0.6) is 0 Å². The van der Waals surface area contributed by atoms with Gasteiger partial charge in [-0.15, -0.1) is 11.8 Å². The Morgan fingerprint density at radius 2 is 2.30 bits per heavy atom. The van der Waals surface area contributed by atoms with Crippen LogP contribution in [-0.2, 0) is 4.79 Å². The van der Waals surface area contributed by atoms with Gasteiger partial charge >= 0.3 is 0 Å². The summed E-state index contributed by atoms with van der Waals surface area (Å²) in [6.07, 6.45) is 4.29. The Balaban J connectivity index is 1.78. The maximum atomic E-state index is 13.4. The van der Waals surface area contributed by atoms with Crippen molar-refractivity contribution >= 4 is 23.4 Å². The second kappa shape index (κ2) is 7.43. The van der Waals surface area contributed by atoms with Crippen LogP contribution in [0.15, 0.2) is 34.3 Å². The highest BCUT2D eigenvalue weighted by Gasteiger charge is 2.14. The Hall–Kier alpha value is -1.36. The number of benzene rings is 1. The molecule has 1 atom stereocenters. The number of nitrogens with one attached hydrogen (secondary N) is 1. The first-order valence-corrected chi connectivity index (χ1v) is 7.85. The Labute approximate surface area is 123 Å². The van der Waals surface area contributed by atoms with Gasteiger partial charge in [0.15, 0.2) is 0 Å². The summed E-state index contributed by atoms with van der Waals surface area (Å²) >= 11 is 1.19. The average Bonchev–Trinajstić information content (AvgIpc) is 2.44. The molecule has 0 saturated heterocycles. The van der Waals surface area contributed by atoms with Crippen LogP contribution in [-0.4, -0.2) is 17.4 Å². The third kappa shape index (κ3) is 4.63. The van der Waals surface area contributed by atoms with E-state index in [1.54, 1.807) is 18.2 Å². The van der Waals surface area contributed by atoms with Crippen LogP contribution in [0.4, 0.5) is 4.39 Å². The summed E-state index contributed by atoms with van der Waals surface area (Å²) in [4.78, 5) is 12.2. The van der Waals surface area contributed by atoms with Gasteiger partial charge in [0.05, 0.1) is 5.75 Å². The second-order valence-electron chi connectivity index (χ2n) is 5.13. The minimum Gasteiger partial charge on any atom is -0.272 e. The maximum absolute atomic E-state index is 13.4. The molecule has 3 nitrogen and oxygen atoms in total. The van der Waals surface area contributed by atoms with E-state index in [2.05, 4.69) is 17.5 Å². The van der Waals surface area contributed by atoms with E-state index in [0.29, 0.717) is 10.8 Å². The molecule has 1 saturated carbocycles. The Kier molecular flexibility index (Phi) is 5.59. The van der Waals surface area contributed by atoms with Crippen LogP contribution in [0, 0.1) is 11.7 Å². The zero-order chi connectivity index (χ0) is 14.4. The zero-order valence-electron chi connectivity index (χ0n) is 11.6. The molecule has 2 rings (SSSR count). The fraction of sp³-hybridized carbons (Fsp3) is 0.467. The van der Waals surface area contributed by atoms with Crippen molar-refractivity contribution in [1.29, 1.82) is 0 Å². The van der Waals surface area contributed by atoms with Crippen LogP contribution < -0.4 is 5.43 Å². The number of amides is 1. The maximum Gasteiger partial charge on any atom is 0.250 e. The van der Waals surface area contributed by atoms with Gasteiger partial charge in [-0.2, -0.15) is 5.10 Å². The highest BCUT2D eigenvalue weighted by molar-refractivity contribution is 8.00. The summed E-state index contributed by atoms with van der Waals surface area (Å²) in [6, 6.07) is 6.45. The number of thioether (sulfide) groups is 1. The van der Waals surface area contributed by atoms with Gasteiger partial charge in [-0.25, -0.2) is 9.82 Å². The van der Waals surface area contributed by atoms with Crippen molar-refractivity contribution in [2.75, 3.05) is 5.75 Å². The predicted molar refractivity (Wildman–Crippen MR) is 80.3 cm³/mol. The van der Waals surface area contributed by atoms with Gasteiger partial charge in [0.25, 0.3) is 0 Å². The third-order valence-corrected chi connectivity index (χ3v) is 4.33. The molecule has 1 fully saturated rings. The molecule has 0 bridgehead atoms. The van der Waals surface area contributed by atoms with Gasteiger partial charge in [-0.1, -0.05) is 19.1 Å². The quantitative estimate of drug-likeness (QED) is 0.681. The fourth-order valence-electron chi connectivity index (χ4n) is 2.24. The standard InChI is InChI=1S/C15H19FN2OS/c1-11-5-4-6-12(9-11)17-18-15(19)10-20-14-8-3-2-7-13(14)16/h2-3,7-8,11H,4-6,9-10H2,1H3,(H,18,19)/b17-12-/t11-/m1/s1. The van der Waals surface area contributed by atoms with Crippen molar-refractivity contribution in [3.05, 3.63) is 30.1 Å². The van der Waals surface area contributed by atoms with E-state index in [1.165, 1.54) is 24.2 Å². The Bertz CT molecular complexity index is 504. The molecule has 1 N–H and O–H groups in total. The molecule has 0 spiro atoms. The summed E-state index contributed by atoms with van der Waals surface area (Å²) in [6.45, 7) is 2.20. The van der Waals surface area contributed by atoms with E-state index in [-0.39, 0.29) is 17.5 Å². The Morgan fingerprint density at radius 3 is 3.05 bits per heavy atom. The summed E-state index contributed by atoms with van der Waals surface area (Å²) < 4.78 is 13.4. The number of hydrogen-bond donors (Lipinski definition) is 1. The lowest BCUT2D eigenvalue weighted by Crippen LogP contribution is -2.23. The molecule has 0 heterocycles. The van der Waals surface area contributed by atoms with Crippen molar-refractivity contribution in [3.8, 4) is 0 Å². The first-order chi connectivity index (χ1) is 9.65. The van der Waals surface area contributed by atoms with E-state index >= 15 is 0 Å². The van der Waals surface area contributed by atoms with Gasteiger partial charge in [-0.3, -0.25) is 4.79 Å². The number of nitrogens with zero attached hydrogens (tertiary/aromatic N) is 1. The highest BCUT2D eigenvalue weighted by Crippen LogP contribution is 2.22. The number of hydrogen-bond acceptors (Lipinski definition) is 3. The molecule has 0 radical (unpaired) electrons. The van der Waals surface area contributed by atoms with E-state index in [4.69, 9.17) is 0 Å². The van der Waals surface area contributed by atoms with Crippen molar-refractivity contribution < 1.29 is 9.18 Å². The molecule has 0 unspecified atom stereocenters. The molecule has 1 aliphatic carbocycles. The SMILES string of the molecule is C[C@@H]1CCC/C(=N/NC(=O)CSc2ccccc2F)C1. The van der Waals surface area contributed by atoms with Gasteiger partial charge in [0.1, 0.15) is 5.82 Å². The molecule has 1 aromatic carbocycles. The van der Waals surface area contributed by atoms with Gasteiger partial charge in [0.2, 0.25) is 5.91 Å². The van der Waals surface area contributed by atoms with Crippen LogP contribution in [0.3, 0.4) is 0 Å². The fourth-order valence-corrected chi connectivity index (χ4v) is 2.97. The van der Waals surface area contributed by atoms with Gasteiger partial charge in [-0.05, 0) is 43.7 Å². The molecule has 1 aliphatic rings. The largest absolute Gasteiger partial charge is 0.272 e. The van der Waals surface area contributed by atoms with Gasteiger partial charge < -0.3 is 0 Å². The molecule has 0 aliphatic heterocycles. The number of rotatable bonds is 4. The monoisotopic (exact) mass is 294 g/mol. The van der Waals surface area contributed by atoms with E-state index < -0.39 is 0 Å². The summed E-state index contributed by atoms with van der Waals surface area (Å²) in [7, 11) is 0. The van der Waals surface area contributed by atoms with Gasteiger partial charge in [0, 0.05) is 10.6 Å². The van der Waals surface area contributed by atoms with Crippen LogP contribution in [0.1, 0.15) is 32.6 Å². The normalized spacial score (nSPS) is 20.9. The van der Waals surface area contributed by atoms with Crippen LogP contribution in [0.25, 0.3) is 0 Å². The molecule has 1 aromatic rings. The lowest BCUT2D eigenvalue weighted by Gasteiger charge is -2.18. The van der Waals surface area contributed by atoms with Crippen molar-refractivity contribution in [2.45, 2.75) is 37.5 Å². The summed E-state index contributed by atoms with van der Waals surface area (Å²) in [5.74, 6) is 0.335. The van der Waals surface area contributed by atoms with Crippen molar-refractivity contribution in [1.82, 2.24) is 5.43 Å². The number of halogens is 1. The second-order valence-corrected chi connectivity index (χ2v) is 6.15. The molecular formula is C15H19FN2OS. The zero-order valence-corrected chi connectivity index (χ0v) is 12.4. The molecule has 5 heteroatoms. The summed E-state index contributed by atoms with van der Waals surface area (Å²) in [5.41, 5.74) is 3.63. The predicted octanol–water partition coefficient (Wildman–Crippen LogP) is 3.60. The van der Waals surface area contributed by atoms with Crippen molar-refractivity contribution in [2.24, 2.45) is 11.0 Å². The molecule has 108 valence electrons. The number of carbonyl (C=O) groups excluding carboxylic acids is 1. The van der Waals surface area contributed by atoms with E-state index in [0.717, 1.165) is 25.0 Å². The smallest absolute Gasteiger partial charge is 0.250 e. The molecule has 20 heavy (non-hydrogen) atoms. The number of hydrazone groups is 1. The van der Waals surface area contributed by atoms with E-state index in [1.807, 2.05) is 0 Å². The Morgan fingerprint density at radius 1 is 1.50 bits per heavy atom. The third-order valence-electron chi connectivity index (χ3n) is 3.28. The summed E-state index contributed by atoms with van der Waals surface area (Å²) in [5, 5.41) is 4.18. The first kappa shape index (κ1) is 15.0. The average molecular weight is 294 g/mol. The lowest BCUT2D eigenvalue weighted by molar-refractivity contribution is -0.118. The molecular weight excluding hydrogens is 275 g/mol. The van der Waals surface area contributed by atoms with Crippen LogP contribution >= 0.6 is 11.8 Å². The first-order valence-electron chi connectivity index (χ1n) is 6.86. The molecule has 1 amide bonds. The molecule has 0 aromatic heterocycles. The number of carbonyl (C=O) groups is 1. The minimum absolute atomic E-state index is 0.174. The van der Waals surface area contributed by atoms with E-state index in [9.17, 15) is 9.18 Å². The minimum atomic E-state index is -0.294.